The van der Waals surface area contributed by atoms with Crippen molar-refractivity contribution in [2.75, 3.05) is 59.7 Å². The van der Waals surface area contributed by atoms with E-state index in [4.69, 9.17) is 25.8 Å². The van der Waals surface area contributed by atoms with Crippen LogP contribution in [0.4, 0.5) is 0 Å². The predicted octanol–water partition coefficient (Wildman–Crippen LogP) is 5.90. The molecule has 6 amide bonds. The number of likely N-dealkylation sites (tertiary alicyclic amines) is 2. The first-order chi connectivity index (χ1) is 36.1. The van der Waals surface area contributed by atoms with E-state index in [1.807, 2.05) is 19.9 Å². The number of aromatic nitrogens is 2. The molecule has 4 aliphatic rings. The van der Waals surface area contributed by atoms with Gasteiger partial charge in [0.1, 0.15) is 47.9 Å². The topological polar surface area (TPSA) is 264 Å². The summed E-state index contributed by atoms with van der Waals surface area (Å²) < 4.78 is 16.5. The van der Waals surface area contributed by atoms with Crippen molar-refractivity contribution in [3.05, 3.63) is 64.9 Å². The number of halogens is 1. The Morgan fingerprint density at radius 1 is 0.867 bits per heavy atom. The Labute approximate surface area is 442 Å². The van der Waals surface area contributed by atoms with Crippen LogP contribution in [0.25, 0.3) is 21.8 Å². The SMILES string of the molecule is COCCOCCOc1cccc2[nH]c(C(=O)N[C@@H](CC(C)(C)CN3CCC(CC(C#N)NC(=O)C4CC5(CCCCC5)CN4C(=O)c4cc5ccc(Cl)cc5[nH]4)C3=O)C(=O)N[C@H](C#N)C[C@@H]3CCCNC3=O)cc12. The Kier molecular flexibility index (Phi) is 17.7. The van der Waals surface area contributed by atoms with Crippen LogP contribution in [0.5, 0.6) is 5.75 Å². The molecule has 20 heteroatoms. The minimum Gasteiger partial charge on any atom is -0.490 e. The number of amides is 6. The molecule has 8 rings (SSSR count). The van der Waals surface area contributed by atoms with Gasteiger partial charge in [0.25, 0.3) is 11.8 Å². The number of nitrogens with one attached hydrogen (secondary N) is 6. The number of H-pyrrole nitrogens is 2. The summed E-state index contributed by atoms with van der Waals surface area (Å²) in [6.45, 7) is 6.78. The molecule has 2 aromatic heterocycles. The van der Waals surface area contributed by atoms with E-state index in [1.54, 1.807) is 59.4 Å². The maximum Gasteiger partial charge on any atom is 0.271 e. The maximum atomic E-state index is 14.3. The van der Waals surface area contributed by atoms with Gasteiger partial charge in [-0.1, -0.05) is 56.8 Å². The smallest absolute Gasteiger partial charge is 0.271 e. The third-order valence-electron chi connectivity index (χ3n) is 15.4. The number of rotatable bonds is 22. The first kappa shape index (κ1) is 54.6. The third-order valence-corrected chi connectivity index (χ3v) is 15.6. The monoisotopic (exact) mass is 1050 g/mol. The van der Waals surface area contributed by atoms with Crippen molar-refractivity contribution in [3.8, 4) is 17.9 Å². The van der Waals surface area contributed by atoms with Gasteiger partial charge < -0.3 is 55.2 Å². The van der Waals surface area contributed by atoms with Crippen LogP contribution in [-0.4, -0.2) is 139 Å². The van der Waals surface area contributed by atoms with Crippen LogP contribution in [0, 0.1) is 45.3 Å². The fraction of sp³-hybridized carbons (Fsp3) is 0.564. The van der Waals surface area contributed by atoms with Crippen LogP contribution in [-0.2, 0) is 28.7 Å². The number of carbonyl (C=O) groups is 6. The molecule has 1 aliphatic carbocycles. The Bertz CT molecular complexity index is 2830. The van der Waals surface area contributed by atoms with Crippen LogP contribution in [0.2, 0.25) is 5.02 Å². The van der Waals surface area contributed by atoms with Crippen LogP contribution < -0.4 is 26.0 Å². The number of nitrogens with zero attached hydrogens (tertiary/aromatic N) is 4. The molecule has 6 N–H and O–H groups in total. The van der Waals surface area contributed by atoms with E-state index in [9.17, 15) is 39.3 Å². The van der Waals surface area contributed by atoms with Gasteiger partial charge in [0.05, 0.1) is 32.0 Å². The summed E-state index contributed by atoms with van der Waals surface area (Å²) >= 11 is 6.23. The molecule has 400 valence electrons. The minimum absolute atomic E-state index is 0.0555. The molecule has 0 bridgehead atoms. The normalized spacial score (nSPS) is 20.8. The summed E-state index contributed by atoms with van der Waals surface area (Å²) in [5.41, 5.74) is 0.875. The number of methoxy groups -OCH3 is 1. The zero-order valence-electron chi connectivity index (χ0n) is 43.1. The van der Waals surface area contributed by atoms with Crippen molar-refractivity contribution in [3.63, 3.8) is 0 Å². The van der Waals surface area contributed by atoms with Crippen LogP contribution in [0.3, 0.4) is 0 Å². The molecule has 3 unspecified atom stereocenters. The summed E-state index contributed by atoms with van der Waals surface area (Å²) in [4.78, 5) is 93.4. The molecule has 4 aromatic rings. The van der Waals surface area contributed by atoms with E-state index in [2.05, 4.69) is 43.4 Å². The van der Waals surface area contributed by atoms with E-state index < -0.39 is 59.1 Å². The average Bonchev–Trinajstić information content (AvgIpc) is 4.20. The number of nitriles is 2. The molecular weight excluding hydrogens is 980 g/mol. The first-order valence-corrected chi connectivity index (χ1v) is 26.6. The molecule has 4 fully saturated rings. The second kappa shape index (κ2) is 24.3. The summed E-state index contributed by atoms with van der Waals surface area (Å²) in [6, 6.07) is 14.5. The summed E-state index contributed by atoms with van der Waals surface area (Å²) in [5.74, 6) is -2.80. The lowest BCUT2D eigenvalue weighted by Gasteiger charge is -2.34. The van der Waals surface area contributed by atoms with E-state index >= 15 is 0 Å². The van der Waals surface area contributed by atoms with Crippen molar-refractivity contribution in [1.29, 1.82) is 10.5 Å². The highest BCUT2D eigenvalue weighted by Gasteiger charge is 2.50. The number of aromatic amines is 2. The zero-order valence-corrected chi connectivity index (χ0v) is 43.8. The summed E-state index contributed by atoms with van der Waals surface area (Å²) in [7, 11) is 1.59. The van der Waals surface area contributed by atoms with Crippen molar-refractivity contribution < 1.29 is 43.0 Å². The van der Waals surface area contributed by atoms with Crippen LogP contribution in [0.15, 0.2) is 48.5 Å². The molecule has 3 saturated heterocycles. The van der Waals surface area contributed by atoms with E-state index in [0.29, 0.717) is 91.6 Å². The average molecular weight is 1050 g/mol. The van der Waals surface area contributed by atoms with Gasteiger partial charge in [-0.3, -0.25) is 28.8 Å². The van der Waals surface area contributed by atoms with E-state index in [-0.39, 0.29) is 61.2 Å². The standard InChI is InChI=1S/C55H69ClN10O9/c1-54(2,28-45(50(69)60-38(30-57)23-35-9-8-17-59-48(35)67)64-49(68)43-27-40-41(62-43)10-7-11-47(40)75-22-21-74-20-19-73-3)32-65-18-14-36(52(65)71)24-39(31-58)61-51(70)46-29-55(15-5-4-6-16-55)33-66(46)53(72)44-25-34-12-13-37(56)26-42(34)63-44/h7,10-13,25-27,35-36,38-39,45-46,62-63H,4-6,8-9,14-24,28-29,32-33H2,1-3H3,(H,59,67)(H,60,69)(H,61,70)(H,64,68)/t35-,36?,38-,39?,45-,46?/m0/s1. The highest BCUT2D eigenvalue weighted by Crippen LogP contribution is 2.47. The molecule has 6 atom stereocenters. The van der Waals surface area contributed by atoms with Crippen molar-refractivity contribution in [1.82, 2.24) is 41.0 Å². The van der Waals surface area contributed by atoms with E-state index in [1.165, 1.54) is 0 Å². The van der Waals surface area contributed by atoms with Crippen LogP contribution >= 0.6 is 11.6 Å². The molecule has 75 heavy (non-hydrogen) atoms. The number of hydrogen-bond acceptors (Lipinski definition) is 11. The number of benzene rings is 2. The molecule has 5 heterocycles. The Balaban J connectivity index is 0.924. The lowest BCUT2D eigenvalue weighted by molar-refractivity contribution is -0.133. The molecule has 1 saturated carbocycles. The number of hydrogen-bond donors (Lipinski definition) is 6. The van der Waals surface area contributed by atoms with Gasteiger partial charge in [0, 0.05) is 72.0 Å². The molecule has 1 spiro atoms. The van der Waals surface area contributed by atoms with Gasteiger partial charge in [-0.15, -0.1) is 0 Å². The molecule has 19 nitrogen and oxygen atoms in total. The fourth-order valence-corrected chi connectivity index (χ4v) is 11.8. The maximum absolute atomic E-state index is 14.3. The van der Waals surface area contributed by atoms with E-state index in [0.717, 1.165) is 43.9 Å². The van der Waals surface area contributed by atoms with Crippen LogP contribution in [0.1, 0.15) is 112 Å². The highest BCUT2D eigenvalue weighted by molar-refractivity contribution is 6.31. The summed E-state index contributed by atoms with van der Waals surface area (Å²) in [6.07, 6.45) is 7.41. The Morgan fingerprint density at radius 3 is 2.37 bits per heavy atom. The number of ether oxygens (including phenoxy) is 3. The van der Waals surface area contributed by atoms with Gasteiger partial charge in [-0.05, 0) is 105 Å². The Morgan fingerprint density at radius 2 is 1.61 bits per heavy atom. The zero-order chi connectivity index (χ0) is 53.3. The van der Waals surface area contributed by atoms with Gasteiger partial charge in [0.2, 0.25) is 23.6 Å². The second-order valence-electron chi connectivity index (χ2n) is 21.6. The lowest BCUT2D eigenvalue weighted by atomic mass is 9.72. The molecule has 3 aliphatic heterocycles. The van der Waals surface area contributed by atoms with Crippen molar-refractivity contribution in [2.24, 2.45) is 22.7 Å². The number of piperidine rings is 1. The number of fused-ring (bicyclic) bond motifs is 2. The third kappa shape index (κ3) is 13.4. The minimum atomic E-state index is -1.18. The fourth-order valence-electron chi connectivity index (χ4n) is 11.6. The second-order valence-corrected chi connectivity index (χ2v) is 22.0. The highest BCUT2D eigenvalue weighted by atomic mass is 35.5. The molecule has 0 radical (unpaired) electrons. The van der Waals surface area contributed by atoms with Gasteiger partial charge in [0.15, 0.2) is 0 Å². The first-order valence-electron chi connectivity index (χ1n) is 26.3. The quantitative estimate of drug-likeness (QED) is 0.0505. The Hall–Kier alpha value is -6.67. The molecule has 2 aromatic carbocycles. The predicted molar refractivity (Wildman–Crippen MR) is 279 cm³/mol. The van der Waals surface area contributed by atoms with Gasteiger partial charge in [-0.25, -0.2) is 0 Å². The number of carbonyl (C=O) groups excluding carboxylic acids is 6. The van der Waals surface area contributed by atoms with Crippen molar-refractivity contribution in [2.45, 2.75) is 115 Å². The van der Waals surface area contributed by atoms with Gasteiger partial charge in [-0.2, -0.15) is 10.5 Å². The van der Waals surface area contributed by atoms with Crippen molar-refractivity contribution >= 4 is 68.8 Å². The summed E-state index contributed by atoms with van der Waals surface area (Å²) in [5, 5.41) is 34.0. The van der Waals surface area contributed by atoms with Gasteiger partial charge >= 0.3 is 0 Å². The molecular formula is C55H69ClN10O9. The largest absolute Gasteiger partial charge is 0.490 e. The lowest BCUT2D eigenvalue weighted by Crippen LogP contribution is -2.53.